The molecule has 0 amide bonds. The zero-order valence-corrected chi connectivity index (χ0v) is 32.5. The molecule has 0 saturated carbocycles. The molecule has 1 heterocycles. The average molecular weight is 750 g/mol. The topological polar surface area (TPSA) is 4.93 Å². The van der Waals surface area contributed by atoms with Crippen LogP contribution in [0, 0.1) is 0 Å². The summed E-state index contributed by atoms with van der Waals surface area (Å²) >= 11 is 0. The Morgan fingerprint density at radius 2 is 0.661 bits per heavy atom. The quantitative estimate of drug-likeness (QED) is 0.153. The van der Waals surface area contributed by atoms with E-state index in [1.807, 2.05) is 0 Å². The molecule has 0 atom stereocenters. The number of benzene rings is 10. The SMILES string of the molecule is c1ccc(-c2cc(-c3ccccc3)cc(-n3cc(-c4ccc(-c5cccc6ccccc56)cc4)c4cc(-c5ccc(-c6cccc7ccccc67)cc5)ccc43)c2)cc1. The highest BCUT2D eigenvalue weighted by molar-refractivity contribution is 6.02. The Balaban J connectivity index is 1.06. The average Bonchev–Trinajstić information content (AvgIpc) is 3.71. The fourth-order valence-corrected chi connectivity index (χ4v) is 8.82. The third kappa shape index (κ3) is 6.40. The van der Waals surface area contributed by atoms with E-state index in [1.54, 1.807) is 0 Å². The number of hydrogen-bond acceptors (Lipinski definition) is 0. The first-order valence-corrected chi connectivity index (χ1v) is 20.3. The molecule has 0 aliphatic heterocycles. The van der Waals surface area contributed by atoms with Gasteiger partial charge in [-0.15, -0.1) is 0 Å². The first-order chi connectivity index (χ1) is 29.2. The Hall–Kier alpha value is -7.74. The Labute approximate surface area is 344 Å². The summed E-state index contributed by atoms with van der Waals surface area (Å²) in [4.78, 5) is 0. The Bertz CT molecular complexity index is 3210. The van der Waals surface area contributed by atoms with Crippen LogP contribution in [0.4, 0.5) is 0 Å². The first-order valence-electron chi connectivity index (χ1n) is 20.3. The molecule has 0 radical (unpaired) electrons. The van der Waals surface area contributed by atoms with Crippen LogP contribution in [0.3, 0.4) is 0 Å². The number of nitrogens with zero attached hydrogens (tertiary/aromatic N) is 1. The fourth-order valence-electron chi connectivity index (χ4n) is 8.82. The number of aromatic nitrogens is 1. The van der Waals surface area contributed by atoms with E-state index in [4.69, 9.17) is 0 Å². The van der Waals surface area contributed by atoms with E-state index in [1.165, 1.54) is 99.2 Å². The minimum atomic E-state index is 1.13. The molecule has 0 unspecified atom stereocenters. The predicted octanol–water partition coefficient (Wildman–Crippen LogP) is 15.9. The molecule has 0 aliphatic rings. The van der Waals surface area contributed by atoms with Crippen molar-refractivity contribution in [2.75, 3.05) is 0 Å². The maximum absolute atomic E-state index is 2.38. The van der Waals surface area contributed by atoms with Gasteiger partial charge in [-0.3, -0.25) is 0 Å². The molecular weight excluding hydrogens is 711 g/mol. The van der Waals surface area contributed by atoms with Crippen molar-refractivity contribution in [3.63, 3.8) is 0 Å². The second-order valence-corrected chi connectivity index (χ2v) is 15.4. The third-order valence-electron chi connectivity index (χ3n) is 11.8. The van der Waals surface area contributed by atoms with Crippen molar-refractivity contribution in [2.45, 2.75) is 0 Å². The van der Waals surface area contributed by atoms with Gasteiger partial charge in [-0.05, 0) is 113 Å². The van der Waals surface area contributed by atoms with Crippen LogP contribution in [-0.2, 0) is 0 Å². The minimum absolute atomic E-state index is 1.13. The van der Waals surface area contributed by atoms with E-state index in [-0.39, 0.29) is 0 Å². The summed E-state index contributed by atoms with van der Waals surface area (Å²) in [6, 6.07) is 83.9. The van der Waals surface area contributed by atoms with Crippen molar-refractivity contribution in [2.24, 2.45) is 0 Å². The van der Waals surface area contributed by atoms with Crippen LogP contribution < -0.4 is 0 Å². The molecule has 276 valence electrons. The Kier molecular flexibility index (Phi) is 8.56. The second kappa shape index (κ2) is 14.6. The molecule has 0 fully saturated rings. The van der Waals surface area contributed by atoms with Crippen LogP contribution in [0.25, 0.3) is 105 Å². The number of hydrogen-bond donors (Lipinski definition) is 0. The molecule has 0 aliphatic carbocycles. The number of rotatable bonds is 7. The summed E-state index contributed by atoms with van der Waals surface area (Å²) in [5.74, 6) is 0. The summed E-state index contributed by atoms with van der Waals surface area (Å²) in [7, 11) is 0. The molecular formula is C58H39N. The lowest BCUT2D eigenvalue weighted by Gasteiger charge is -2.13. The maximum Gasteiger partial charge on any atom is 0.0535 e. The zero-order chi connectivity index (χ0) is 39.1. The Morgan fingerprint density at radius 1 is 0.237 bits per heavy atom. The van der Waals surface area contributed by atoms with Crippen LogP contribution >= 0.6 is 0 Å². The van der Waals surface area contributed by atoms with Gasteiger partial charge in [-0.1, -0.05) is 200 Å². The molecule has 10 aromatic carbocycles. The van der Waals surface area contributed by atoms with Crippen LogP contribution in [0.2, 0.25) is 0 Å². The highest BCUT2D eigenvalue weighted by Crippen LogP contribution is 2.40. The van der Waals surface area contributed by atoms with E-state index in [2.05, 4.69) is 241 Å². The number of fused-ring (bicyclic) bond motifs is 3. The van der Waals surface area contributed by atoms with Gasteiger partial charge in [0.2, 0.25) is 0 Å². The standard InChI is InChI=1S/C58H39N/c1-3-13-40(14-4-1)49-35-50(41-15-5-2-6-16-41)37-51(36-49)59-39-57(47-31-29-46(30-32-47)55-24-12-20-44-18-8-10-22-53(44)55)56-38-48(33-34-58(56)59)42-25-27-45(28-26-42)54-23-11-19-43-17-7-9-21-52(43)54/h1-39H. The smallest absolute Gasteiger partial charge is 0.0535 e. The van der Waals surface area contributed by atoms with Crippen molar-refractivity contribution in [1.29, 1.82) is 0 Å². The maximum atomic E-state index is 2.38. The highest BCUT2D eigenvalue weighted by atomic mass is 15.0. The molecule has 11 aromatic rings. The third-order valence-corrected chi connectivity index (χ3v) is 11.8. The summed E-state index contributed by atoms with van der Waals surface area (Å²) in [6.07, 6.45) is 2.34. The van der Waals surface area contributed by atoms with Crippen molar-refractivity contribution >= 4 is 32.4 Å². The van der Waals surface area contributed by atoms with Crippen LogP contribution in [0.1, 0.15) is 0 Å². The molecule has 1 aromatic heterocycles. The predicted molar refractivity (Wildman–Crippen MR) is 251 cm³/mol. The highest BCUT2D eigenvalue weighted by Gasteiger charge is 2.16. The van der Waals surface area contributed by atoms with Crippen molar-refractivity contribution in [3.8, 4) is 72.4 Å². The van der Waals surface area contributed by atoms with E-state index in [0.717, 1.165) is 5.69 Å². The molecule has 59 heavy (non-hydrogen) atoms. The summed E-state index contributed by atoms with van der Waals surface area (Å²) < 4.78 is 2.38. The van der Waals surface area contributed by atoms with Gasteiger partial charge in [-0.25, -0.2) is 0 Å². The van der Waals surface area contributed by atoms with Gasteiger partial charge in [0.05, 0.1) is 5.52 Å². The van der Waals surface area contributed by atoms with Crippen molar-refractivity contribution in [1.82, 2.24) is 4.57 Å². The van der Waals surface area contributed by atoms with Crippen LogP contribution in [-0.4, -0.2) is 4.57 Å². The van der Waals surface area contributed by atoms with Gasteiger partial charge >= 0.3 is 0 Å². The van der Waals surface area contributed by atoms with Gasteiger partial charge in [0, 0.05) is 22.8 Å². The van der Waals surface area contributed by atoms with E-state index in [9.17, 15) is 0 Å². The monoisotopic (exact) mass is 749 g/mol. The molecule has 1 heteroatoms. The molecule has 11 rings (SSSR count). The van der Waals surface area contributed by atoms with E-state index >= 15 is 0 Å². The van der Waals surface area contributed by atoms with Gasteiger partial charge in [-0.2, -0.15) is 0 Å². The largest absolute Gasteiger partial charge is 0.316 e. The van der Waals surface area contributed by atoms with E-state index in [0.29, 0.717) is 0 Å². The summed E-state index contributed by atoms with van der Waals surface area (Å²) in [6.45, 7) is 0. The van der Waals surface area contributed by atoms with E-state index < -0.39 is 0 Å². The molecule has 1 nitrogen and oxygen atoms in total. The fraction of sp³-hybridized carbons (Fsp3) is 0. The van der Waals surface area contributed by atoms with Gasteiger partial charge in [0.1, 0.15) is 0 Å². The second-order valence-electron chi connectivity index (χ2n) is 15.4. The van der Waals surface area contributed by atoms with Crippen LogP contribution in [0.5, 0.6) is 0 Å². The van der Waals surface area contributed by atoms with Crippen molar-refractivity contribution in [3.05, 3.63) is 237 Å². The lowest BCUT2D eigenvalue weighted by atomic mass is 9.94. The van der Waals surface area contributed by atoms with Crippen molar-refractivity contribution < 1.29 is 0 Å². The minimum Gasteiger partial charge on any atom is -0.316 e. The molecule has 0 bridgehead atoms. The van der Waals surface area contributed by atoms with Crippen LogP contribution in [0.15, 0.2) is 237 Å². The summed E-state index contributed by atoms with van der Waals surface area (Å²) in [5.41, 5.74) is 16.8. The molecule has 0 N–H and O–H groups in total. The normalized spacial score (nSPS) is 11.4. The lowest BCUT2D eigenvalue weighted by molar-refractivity contribution is 1.13. The molecule has 0 spiro atoms. The first kappa shape index (κ1) is 34.5. The molecule has 0 saturated heterocycles. The van der Waals surface area contributed by atoms with Gasteiger partial charge < -0.3 is 4.57 Å². The summed E-state index contributed by atoms with van der Waals surface area (Å²) in [5, 5.41) is 6.26. The van der Waals surface area contributed by atoms with Gasteiger partial charge in [0.25, 0.3) is 0 Å². The zero-order valence-electron chi connectivity index (χ0n) is 32.5. The Morgan fingerprint density at radius 3 is 1.20 bits per heavy atom. The van der Waals surface area contributed by atoms with Gasteiger partial charge in [0.15, 0.2) is 0 Å². The lowest BCUT2D eigenvalue weighted by Crippen LogP contribution is -1.94.